The molecule has 0 spiro atoms. The van der Waals surface area contributed by atoms with Gasteiger partial charge in [-0.1, -0.05) is 30.3 Å². The van der Waals surface area contributed by atoms with Gasteiger partial charge in [-0.2, -0.15) is 4.79 Å². The Bertz CT molecular complexity index is 1130. The number of hydrogen-bond acceptors (Lipinski definition) is 5. The number of fused-ring (bicyclic) bond motifs is 1. The predicted octanol–water partition coefficient (Wildman–Crippen LogP) is 5.48. The number of quaternary nitrogens is 1. The quantitative estimate of drug-likeness (QED) is 0.517. The zero-order valence-electron chi connectivity index (χ0n) is 22.5. The molecule has 1 unspecified atom stereocenters. The highest BCUT2D eigenvalue weighted by Gasteiger charge is 2.47. The Morgan fingerprint density at radius 2 is 1.89 bits per heavy atom. The molecule has 0 aliphatic carbocycles. The minimum atomic E-state index is -0.889. The first-order chi connectivity index (χ1) is 17.4. The number of ether oxygens (including phenoxy) is 3. The van der Waals surface area contributed by atoms with Gasteiger partial charge in [0.15, 0.2) is 0 Å². The Labute approximate surface area is 219 Å². The van der Waals surface area contributed by atoms with E-state index in [1.165, 1.54) is 0 Å². The van der Waals surface area contributed by atoms with E-state index < -0.39 is 17.8 Å². The molecule has 1 N–H and O–H groups in total. The van der Waals surface area contributed by atoms with Crippen LogP contribution in [0.5, 0.6) is 11.5 Å². The Balaban J connectivity index is 1.49. The summed E-state index contributed by atoms with van der Waals surface area (Å²) in [5, 5.41) is 10.3. The minimum absolute atomic E-state index is 0.140. The van der Waals surface area contributed by atoms with Gasteiger partial charge in [0, 0.05) is 24.0 Å². The Morgan fingerprint density at radius 1 is 1.16 bits per heavy atom. The van der Waals surface area contributed by atoms with Gasteiger partial charge in [0.05, 0.1) is 19.2 Å². The molecule has 0 saturated carbocycles. The van der Waals surface area contributed by atoms with Gasteiger partial charge >= 0.3 is 12.2 Å². The van der Waals surface area contributed by atoms with Crippen molar-refractivity contribution in [3.8, 4) is 11.5 Å². The molecule has 0 aromatic heterocycles. The maximum Gasteiger partial charge on any atom is 0.513 e. The van der Waals surface area contributed by atoms with Gasteiger partial charge in [-0.15, -0.1) is 0 Å². The molecule has 2 aliphatic heterocycles. The van der Waals surface area contributed by atoms with Crippen LogP contribution in [0.1, 0.15) is 52.2 Å². The molecule has 0 radical (unpaired) electrons. The van der Waals surface area contributed by atoms with E-state index in [4.69, 9.17) is 14.2 Å². The molecule has 8 heteroatoms. The second kappa shape index (κ2) is 10.2. The van der Waals surface area contributed by atoms with E-state index in [1.54, 1.807) is 4.90 Å². The van der Waals surface area contributed by atoms with E-state index in [0.717, 1.165) is 29.0 Å². The number of carboxylic acid groups (broad SMARTS) is 1. The van der Waals surface area contributed by atoms with Crippen molar-refractivity contribution in [1.29, 1.82) is 0 Å². The highest BCUT2D eigenvalue weighted by atomic mass is 16.6. The second-order valence-corrected chi connectivity index (χ2v) is 11.8. The van der Waals surface area contributed by atoms with Crippen molar-refractivity contribution in [2.24, 2.45) is 0 Å². The van der Waals surface area contributed by atoms with Crippen molar-refractivity contribution in [2.75, 3.05) is 26.2 Å². The predicted molar refractivity (Wildman–Crippen MR) is 140 cm³/mol. The average molecular weight is 512 g/mol. The van der Waals surface area contributed by atoms with Crippen molar-refractivity contribution in [2.45, 2.75) is 71.2 Å². The molecular weight excluding hydrogens is 472 g/mol. The van der Waals surface area contributed by atoms with E-state index in [1.807, 2.05) is 69.3 Å². The van der Waals surface area contributed by atoms with Crippen LogP contribution < -0.4 is 9.47 Å². The van der Waals surface area contributed by atoms with Crippen LogP contribution in [0.4, 0.5) is 9.59 Å². The summed E-state index contributed by atoms with van der Waals surface area (Å²) in [6, 6.07) is 15.1. The Hall–Kier alpha value is -3.26. The van der Waals surface area contributed by atoms with Gasteiger partial charge in [0.25, 0.3) is 0 Å². The third kappa shape index (κ3) is 6.55. The fourth-order valence-electron chi connectivity index (χ4n) is 5.19. The molecule has 0 bridgehead atoms. The van der Waals surface area contributed by atoms with Gasteiger partial charge in [0.1, 0.15) is 42.3 Å². The number of amides is 2. The molecule has 2 aromatic rings. The third-order valence-electron chi connectivity index (χ3n) is 6.89. The molecule has 8 nitrogen and oxygen atoms in total. The van der Waals surface area contributed by atoms with Crippen LogP contribution in [0, 0.1) is 0 Å². The lowest BCUT2D eigenvalue weighted by molar-refractivity contribution is -0.878. The van der Waals surface area contributed by atoms with Crippen molar-refractivity contribution < 1.29 is 33.4 Å². The highest BCUT2D eigenvalue weighted by molar-refractivity contribution is 5.69. The monoisotopic (exact) mass is 511 g/mol. The minimum Gasteiger partial charge on any atom is -0.493 e. The molecule has 1 fully saturated rings. The van der Waals surface area contributed by atoms with E-state index in [-0.39, 0.29) is 22.7 Å². The lowest BCUT2D eigenvalue weighted by Crippen LogP contribution is -2.66. The molecule has 4 rings (SSSR count). The van der Waals surface area contributed by atoms with E-state index in [9.17, 15) is 14.7 Å². The van der Waals surface area contributed by atoms with Crippen molar-refractivity contribution >= 4 is 12.2 Å². The zero-order chi connectivity index (χ0) is 26.8. The number of hydrogen-bond donors (Lipinski definition) is 1. The van der Waals surface area contributed by atoms with E-state index in [2.05, 4.69) is 13.8 Å². The zero-order valence-corrected chi connectivity index (χ0v) is 22.5. The summed E-state index contributed by atoms with van der Waals surface area (Å²) >= 11 is 0. The fraction of sp³-hybridized carbons (Fsp3) is 0.517. The molecule has 2 amide bonds. The van der Waals surface area contributed by atoms with Crippen LogP contribution >= 0.6 is 0 Å². The molecule has 2 heterocycles. The first-order valence-corrected chi connectivity index (χ1v) is 12.9. The normalized spacial score (nSPS) is 22.6. The SMILES string of the molecule is CC(C)(C)OC(=O)N1CC[N+](Cc2ccccc2)(C(=O)O)C[C@H]1CCOc1ccc2c(c1)CC(C)(C)O2. The second-order valence-electron chi connectivity index (χ2n) is 11.8. The first kappa shape index (κ1) is 26.8. The summed E-state index contributed by atoms with van der Waals surface area (Å²) in [6.07, 6.45) is -0.00951. The fourth-order valence-corrected chi connectivity index (χ4v) is 5.19. The Morgan fingerprint density at radius 3 is 2.57 bits per heavy atom. The van der Waals surface area contributed by atoms with Gasteiger partial charge in [0.2, 0.25) is 0 Å². The highest BCUT2D eigenvalue weighted by Crippen LogP contribution is 2.37. The van der Waals surface area contributed by atoms with Gasteiger partial charge in [-0.05, 0) is 52.8 Å². The first-order valence-electron chi connectivity index (χ1n) is 12.9. The lowest BCUT2D eigenvalue weighted by atomic mass is 10.0. The summed E-state index contributed by atoms with van der Waals surface area (Å²) in [6.45, 7) is 11.2. The smallest absolute Gasteiger partial charge is 0.493 e. The summed E-state index contributed by atoms with van der Waals surface area (Å²) in [5.41, 5.74) is 1.20. The average Bonchev–Trinajstić information content (AvgIpc) is 3.11. The van der Waals surface area contributed by atoms with E-state index >= 15 is 0 Å². The third-order valence-corrected chi connectivity index (χ3v) is 6.89. The number of piperazine rings is 1. The van der Waals surface area contributed by atoms with E-state index in [0.29, 0.717) is 32.7 Å². The molecule has 37 heavy (non-hydrogen) atoms. The molecule has 1 saturated heterocycles. The summed E-state index contributed by atoms with van der Waals surface area (Å²) in [5.74, 6) is 1.62. The molecular formula is C29H39N2O6+. The van der Waals surface area contributed by atoms with Crippen molar-refractivity contribution in [3.05, 3.63) is 59.7 Å². The van der Waals surface area contributed by atoms with Crippen LogP contribution in [0.2, 0.25) is 0 Å². The maximum absolute atomic E-state index is 13.1. The standard InChI is InChI=1S/C29H38N2O6/c1-28(2,3)37-26(32)30-14-15-31(27(33)34,19-21-9-7-6-8-10-21)20-23(30)13-16-35-24-11-12-25-22(17-24)18-29(4,5)36-25/h6-12,17,23H,13-16,18-20H2,1-5H3/p+1/t23-,31?/m1/s1. The van der Waals surface area contributed by atoms with Crippen LogP contribution in [0.3, 0.4) is 0 Å². The number of nitrogens with zero attached hydrogens (tertiary/aromatic N) is 2. The number of rotatable bonds is 6. The van der Waals surface area contributed by atoms with Crippen LogP contribution in [0.15, 0.2) is 48.5 Å². The summed E-state index contributed by atoms with van der Waals surface area (Å²) < 4.78 is 17.6. The molecule has 2 atom stereocenters. The summed E-state index contributed by atoms with van der Waals surface area (Å²) in [7, 11) is 0. The van der Waals surface area contributed by atoms with Crippen LogP contribution in [-0.4, -0.2) is 70.2 Å². The van der Waals surface area contributed by atoms with Gasteiger partial charge in [-0.25, -0.2) is 9.28 Å². The Kier molecular flexibility index (Phi) is 7.42. The number of carbonyl (C=O) groups is 2. The number of carbonyl (C=O) groups excluding carboxylic acids is 1. The summed E-state index contributed by atoms with van der Waals surface area (Å²) in [4.78, 5) is 27.3. The van der Waals surface area contributed by atoms with Crippen molar-refractivity contribution in [1.82, 2.24) is 4.90 Å². The maximum atomic E-state index is 13.1. The topological polar surface area (TPSA) is 85.3 Å². The van der Waals surface area contributed by atoms with Gasteiger partial charge in [-0.3, -0.25) is 4.90 Å². The largest absolute Gasteiger partial charge is 0.513 e. The van der Waals surface area contributed by atoms with Crippen LogP contribution in [0.25, 0.3) is 0 Å². The van der Waals surface area contributed by atoms with Gasteiger partial charge < -0.3 is 19.3 Å². The lowest BCUT2D eigenvalue weighted by Gasteiger charge is -2.45. The molecule has 2 aliphatic rings. The van der Waals surface area contributed by atoms with Crippen LogP contribution in [-0.2, 0) is 17.7 Å². The molecule has 2 aromatic carbocycles. The van der Waals surface area contributed by atoms with Crippen molar-refractivity contribution in [3.63, 3.8) is 0 Å². The number of benzene rings is 2. The molecule has 200 valence electrons.